The molecule has 1 aliphatic heterocycles. The van der Waals surface area contributed by atoms with Crippen LogP contribution in [0.25, 0.3) is 28.0 Å². The summed E-state index contributed by atoms with van der Waals surface area (Å²) in [7, 11) is 2.21. The molecule has 2 aromatic heterocycles. The maximum atomic E-state index is 6.17. The van der Waals surface area contributed by atoms with Crippen molar-refractivity contribution in [2.24, 2.45) is 0 Å². The van der Waals surface area contributed by atoms with E-state index < -0.39 is 0 Å². The summed E-state index contributed by atoms with van der Waals surface area (Å²) in [6.07, 6.45) is 3.43. The van der Waals surface area contributed by atoms with E-state index in [4.69, 9.17) is 16.6 Å². The molecular weight excluding hydrogens is 416 g/mol. The van der Waals surface area contributed by atoms with Gasteiger partial charge < -0.3 is 9.30 Å². The van der Waals surface area contributed by atoms with Gasteiger partial charge in [-0.15, -0.1) is 0 Å². The highest BCUT2D eigenvalue weighted by atomic mass is 35.5. The van der Waals surface area contributed by atoms with Crippen LogP contribution in [0.4, 0.5) is 0 Å². The van der Waals surface area contributed by atoms with Crippen molar-refractivity contribution in [3.8, 4) is 22.4 Å². The Labute approximate surface area is 195 Å². The number of likely N-dealkylation sites (N-methyl/N-ethyl adjacent to an activating group) is 1. The molecule has 5 rings (SSSR count). The predicted octanol–water partition coefficient (Wildman–Crippen LogP) is 5.77. The predicted molar refractivity (Wildman–Crippen MR) is 133 cm³/mol. The number of aryl methyl sites for hydroxylation is 1. The molecular formula is C27H29ClN4. The third-order valence-electron chi connectivity index (χ3n) is 6.41. The van der Waals surface area contributed by atoms with E-state index in [-0.39, 0.29) is 0 Å². The third-order valence-corrected chi connectivity index (χ3v) is 6.66. The topological polar surface area (TPSA) is 23.8 Å². The number of benzene rings is 2. The molecule has 1 aliphatic rings. The van der Waals surface area contributed by atoms with Crippen LogP contribution < -0.4 is 0 Å². The first-order valence-electron chi connectivity index (χ1n) is 11.3. The fourth-order valence-electron chi connectivity index (χ4n) is 4.47. The van der Waals surface area contributed by atoms with Crippen molar-refractivity contribution in [2.45, 2.75) is 19.9 Å². The Bertz CT molecular complexity index is 1210. The van der Waals surface area contributed by atoms with Crippen molar-refractivity contribution < 1.29 is 0 Å². The largest absolute Gasteiger partial charge is 0.305 e. The molecule has 0 N–H and O–H groups in total. The number of hydrogen-bond donors (Lipinski definition) is 0. The van der Waals surface area contributed by atoms with Crippen LogP contribution in [-0.4, -0.2) is 52.4 Å². The molecule has 3 heterocycles. The van der Waals surface area contributed by atoms with E-state index in [1.165, 1.54) is 28.8 Å². The Morgan fingerprint density at radius 3 is 2.31 bits per heavy atom. The summed E-state index contributed by atoms with van der Waals surface area (Å²) in [5.74, 6) is 0. The van der Waals surface area contributed by atoms with Crippen molar-refractivity contribution >= 4 is 17.2 Å². The quantitative estimate of drug-likeness (QED) is 0.399. The van der Waals surface area contributed by atoms with Gasteiger partial charge in [-0.2, -0.15) is 0 Å². The highest BCUT2D eigenvalue weighted by Gasteiger charge is 2.19. The first-order valence-corrected chi connectivity index (χ1v) is 11.7. The zero-order chi connectivity index (χ0) is 22.1. The van der Waals surface area contributed by atoms with Crippen molar-refractivity contribution in [1.29, 1.82) is 0 Å². The molecule has 0 spiro atoms. The van der Waals surface area contributed by atoms with Gasteiger partial charge in [-0.05, 0) is 68.9 Å². The zero-order valence-corrected chi connectivity index (χ0v) is 19.5. The molecule has 32 heavy (non-hydrogen) atoms. The van der Waals surface area contributed by atoms with Gasteiger partial charge in [0.05, 0.1) is 11.4 Å². The van der Waals surface area contributed by atoms with Gasteiger partial charge in [0.1, 0.15) is 5.65 Å². The van der Waals surface area contributed by atoms with Crippen LogP contribution in [0.3, 0.4) is 0 Å². The molecule has 0 radical (unpaired) electrons. The zero-order valence-electron chi connectivity index (χ0n) is 18.8. The molecule has 5 heteroatoms. The lowest BCUT2D eigenvalue weighted by Crippen LogP contribution is -2.29. The SMILES string of the molecule is Cc1ccc(-c2ccc3nc(-c4ccc(Cl)cc4)c(CN4CCCN(C)CC4)n3c2)cc1. The Morgan fingerprint density at radius 2 is 1.53 bits per heavy atom. The maximum Gasteiger partial charge on any atom is 0.137 e. The minimum Gasteiger partial charge on any atom is -0.305 e. The molecule has 1 fully saturated rings. The van der Waals surface area contributed by atoms with Crippen LogP contribution in [0.15, 0.2) is 66.9 Å². The molecule has 4 nitrogen and oxygen atoms in total. The Hall–Kier alpha value is -2.66. The number of pyridine rings is 1. The summed E-state index contributed by atoms with van der Waals surface area (Å²) < 4.78 is 2.29. The highest BCUT2D eigenvalue weighted by molar-refractivity contribution is 6.30. The van der Waals surface area contributed by atoms with Crippen molar-refractivity contribution in [1.82, 2.24) is 19.2 Å². The van der Waals surface area contributed by atoms with E-state index in [0.717, 1.165) is 54.7 Å². The summed E-state index contributed by atoms with van der Waals surface area (Å²) in [5, 5.41) is 0.747. The van der Waals surface area contributed by atoms with E-state index >= 15 is 0 Å². The molecule has 164 valence electrons. The number of halogens is 1. The van der Waals surface area contributed by atoms with Gasteiger partial charge in [0.15, 0.2) is 0 Å². The van der Waals surface area contributed by atoms with Crippen LogP contribution in [0.2, 0.25) is 5.02 Å². The average molecular weight is 445 g/mol. The fourth-order valence-corrected chi connectivity index (χ4v) is 4.60. The van der Waals surface area contributed by atoms with Gasteiger partial charge in [0.2, 0.25) is 0 Å². The van der Waals surface area contributed by atoms with Gasteiger partial charge in [-0.3, -0.25) is 4.90 Å². The van der Waals surface area contributed by atoms with Crippen LogP contribution in [0, 0.1) is 6.92 Å². The maximum absolute atomic E-state index is 6.17. The summed E-state index contributed by atoms with van der Waals surface area (Å²) in [4.78, 5) is 10.0. The highest BCUT2D eigenvalue weighted by Crippen LogP contribution is 2.29. The molecule has 2 aromatic carbocycles. The smallest absolute Gasteiger partial charge is 0.137 e. The van der Waals surface area contributed by atoms with E-state index in [9.17, 15) is 0 Å². The lowest BCUT2D eigenvalue weighted by Gasteiger charge is -2.21. The molecule has 0 unspecified atom stereocenters. The van der Waals surface area contributed by atoms with E-state index in [0.29, 0.717) is 0 Å². The van der Waals surface area contributed by atoms with Crippen LogP contribution in [-0.2, 0) is 6.54 Å². The minimum absolute atomic E-state index is 0.747. The molecule has 0 amide bonds. The Morgan fingerprint density at radius 1 is 0.812 bits per heavy atom. The van der Waals surface area contributed by atoms with Crippen molar-refractivity contribution in [2.75, 3.05) is 33.2 Å². The first-order chi connectivity index (χ1) is 15.6. The third kappa shape index (κ3) is 4.44. The lowest BCUT2D eigenvalue weighted by molar-refractivity contribution is 0.266. The van der Waals surface area contributed by atoms with Gasteiger partial charge in [0, 0.05) is 36.4 Å². The normalized spacial score (nSPS) is 15.8. The molecule has 0 bridgehead atoms. The number of fused-ring (bicyclic) bond motifs is 1. The molecule has 1 saturated heterocycles. The monoisotopic (exact) mass is 444 g/mol. The lowest BCUT2D eigenvalue weighted by atomic mass is 10.1. The number of hydrogen-bond acceptors (Lipinski definition) is 3. The standard InChI is InChI=1S/C27H29ClN4/c1-20-4-6-21(7-5-20)23-10-13-26-29-27(22-8-11-24(28)12-9-22)25(32(26)18-23)19-31-15-3-14-30(2)16-17-31/h4-13,18H,3,14-17,19H2,1-2H3. The van der Waals surface area contributed by atoms with Crippen LogP contribution in [0.1, 0.15) is 17.7 Å². The number of rotatable bonds is 4. The molecule has 0 saturated carbocycles. The van der Waals surface area contributed by atoms with Gasteiger partial charge in [0.25, 0.3) is 0 Å². The molecule has 0 aliphatic carbocycles. The molecule has 4 aromatic rings. The van der Waals surface area contributed by atoms with Gasteiger partial charge in [-0.25, -0.2) is 4.98 Å². The van der Waals surface area contributed by atoms with Crippen LogP contribution in [0.5, 0.6) is 0 Å². The Balaban J connectivity index is 1.60. The molecule has 0 atom stereocenters. The van der Waals surface area contributed by atoms with Gasteiger partial charge >= 0.3 is 0 Å². The first kappa shape index (κ1) is 21.2. The van der Waals surface area contributed by atoms with Crippen molar-refractivity contribution in [3.05, 3.63) is 83.1 Å². The minimum atomic E-state index is 0.747. The second-order valence-corrected chi connectivity index (χ2v) is 9.30. The second-order valence-electron chi connectivity index (χ2n) is 8.86. The van der Waals surface area contributed by atoms with Crippen molar-refractivity contribution in [3.63, 3.8) is 0 Å². The van der Waals surface area contributed by atoms with Crippen LogP contribution >= 0.6 is 11.6 Å². The number of nitrogens with zero attached hydrogens (tertiary/aromatic N) is 4. The summed E-state index contributed by atoms with van der Waals surface area (Å²) in [6.45, 7) is 7.44. The fraction of sp³-hybridized carbons (Fsp3) is 0.296. The van der Waals surface area contributed by atoms with E-state index in [2.05, 4.69) is 82.9 Å². The van der Waals surface area contributed by atoms with E-state index in [1.54, 1.807) is 0 Å². The Kier molecular flexibility index (Phi) is 6.01. The summed E-state index contributed by atoms with van der Waals surface area (Å²) in [5.41, 5.74) is 8.07. The summed E-state index contributed by atoms with van der Waals surface area (Å²) >= 11 is 6.17. The average Bonchev–Trinajstić information content (AvgIpc) is 3.02. The second kappa shape index (κ2) is 9.07. The summed E-state index contributed by atoms with van der Waals surface area (Å²) in [6, 6.07) is 21.1. The van der Waals surface area contributed by atoms with E-state index in [1.807, 2.05) is 12.1 Å². The van der Waals surface area contributed by atoms with Gasteiger partial charge in [-0.1, -0.05) is 53.6 Å². The number of imidazole rings is 1. The number of aromatic nitrogens is 2.